The number of alkyl carbamates (subject to hydrolysis) is 1. The monoisotopic (exact) mass is 398 g/mol. The number of carbonyl (C=O) groups is 2. The Morgan fingerprint density at radius 2 is 1.69 bits per heavy atom. The van der Waals surface area contributed by atoms with Gasteiger partial charge in [0.1, 0.15) is 11.6 Å². The quantitative estimate of drug-likeness (QED) is 0.696. The molecule has 0 aliphatic rings. The smallest absolute Gasteiger partial charge is 0.408 e. The molecule has 0 heterocycles. The van der Waals surface area contributed by atoms with E-state index in [1.54, 1.807) is 20.8 Å². The molecule has 1 amide bonds. The maximum atomic E-state index is 12.1. The summed E-state index contributed by atoms with van der Waals surface area (Å²) in [5.41, 5.74) is 3.68. The van der Waals surface area contributed by atoms with Gasteiger partial charge >= 0.3 is 12.1 Å². The van der Waals surface area contributed by atoms with Crippen LogP contribution in [-0.4, -0.2) is 37.9 Å². The van der Waals surface area contributed by atoms with E-state index in [0.717, 1.165) is 23.2 Å². The van der Waals surface area contributed by atoms with Crippen LogP contribution in [-0.2, 0) is 27.2 Å². The van der Waals surface area contributed by atoms with Crippen LogP contribution in [0.25, 0.3) is 11.1 Å². The van der Waals surface area contributed by atoms with E-state index in [1.165, 1.54) is 12.7 Å². The van der Waals surface area contributed by atoms with Gasteiger partial charge in [0.05, 0.1) is 7.11 Å². The first-order valence-corrected chi connectivity index (χ1v) is 9.62. The lowest BCUT2D eigenvalue weighted by Gasteiger charge is -2.22. The Morgan fingerprint density at radius 3 is 2.28 bits per heavy atom. The molecular weight excluding hydrogens is 368 g/mol. The van der Waals surface area contributed by atoms with Gasteiger partial charge in [-0.25, -0.2) is 9.59 Å². The van der Waals surface area contributed by atoms with Crippen molar-refractivity contribution in [2.75, 3.05) is 14.2 Å². The third kappa shape index (κ3) is 7.23. The zero-order valence-corrected chi connectivity index (χ0v) is 17.7. The number of nitrogens with one attached hydrogen (secondary N) is 2. The molecule has 2 aromatic rings. The van der Waals surface area contributed by atoms with Crippen LogP contribution in [0.4, 0.5) is 4.79 Å². The van der Waals surface area contributed by atoms with Crippen molar-refractivity contribution in [1.82, 2.24) is 10.6 Å². The molecule has 6 heteroatoms. The fourth-order valence-corrected chi connectivity index (χ4v) is 2.92. The summed E-state index contributed by atoms with van der Waals surface area (Å²) in [5.74, 6) is -0.514. The number of rotatable bonds is 7. The molecule has 0 spiro atoms. The first-order valence-electron chi connectivity index (χ1n) is 9.62. The predicted octanol–water partition coefficient (Wildman–Crippen LogP) is 3.68. The average molecular weight is 399 g/mol. The molecule has 0 aromatic heterocycles. The highest BCUT2D eigenvalue weighted by Crippen LogP contribution is 2.21. The molecule has 0 fully saturated rings. The Morgan fingerprint density at radius 1 is 1.00 bits per heavy atom. The lowest BCUT2D eigenvalue weighted by atomic mass is 9.99. The van der Waals surface area contributed by atoms with Crippen LogP contribution in [0.1, 0.15) is 31.9 Å². The second-order valence-electron chi connectivity index (χ2n) is 7.85. The maximum Gasteiger partial charge on any atom is 0.408 e. The molecule has 1 atom stereocenters. The van der Waals surface area contributed by atoms with Gasteiger partial charge in [0.2, 0.25) is 0 Å². The van der Waals surface area contributed by atoms with Gasteiger partial charge in [-0.15, -0.1) is 0 Å². The lowest BCUT2D eigenvalue weighted by molar-refractivity contribution is -0.143. The van der Waals surface area contributed by atoms with Gasteiger partial charge in [0.25, 0.3) is 0 Å². The zero-order valence-electron chi connectivity index (χ0n) is 17.7. The third-order valence-electron chi connectivity index (χ3n) is 4.21. The zero-order chi connectivity index (χ0) is 21.4. The van der Waals surface area contributed by atoms with Gasteiger partial charge in [0, 0.05) is 13.0 Å². The van der Waals surface area contributed by atoms with Crippen LogP contribution >= 0.6 is 0 Å². The largest absolute Gasteiger partial charge is 0.467 e. The van der Waals surface area contributed by atoms with Crippen LogP contribution in [0.5, 0.6) is 0 Å². The van der Waals surface area contributed by atoms with Crippen molar-refractivity contribution >= 4 is 12.1 Å². The van der Waals surface area contributed by atoms with Crippen molar-refractivity contribution in [3.63, 3.8) is 0 Å². The predicted molar refractivity (Wildman–Crippen MR) is 114 cm³/mol. The van der Waals surface area contributed by atoms with Crippen molar-refractivity contribution < 1.29 is 19.1 Å². The van der Waals surface area contributed by atoms with E-state index >= 15 is 0 Å². The fraction of sp³-hybridized carbons (Fsp3) is 0.391. The lowest BCUT2D eigenvalue weighted by Crippen LogP contribution is -2.45. The van der Waals surface area contributed by atoms with Gasteiger partial charge in [-0.3, -0.25) is 0 Å². The Bertz CT molecular complexity index is 826. The summed E-state index contributed by atoms with van der Waals surface area (Å²) >= 11 is 0. The molecule has 0 saturated carbocycles. The summed E-state index contributed by atoms with van der Waals surface area (Å²) in [6, 6.07) is 15.4. The van der Waals surface area contributed by atoms with Crippen molar-refractivity contribution in [3.05, 3.63) is 59.7 Å². The molecule has 0 unspecified atom stereocenters. The molecule has 2 rings (SSSR count). The number of benzene rings is 2. The van der Waals surface area contributed by atoms with Crippen LogP contribution in [0, 0.1) is 0 Å². The maximum absolute atomic E-state index is 12.1. The normalized spacial score (nSPS) is 12.2. The molecule has 2 N–H and O–H groups in total. The van der Waals surface area contributed by atoms with E-state index < -0.39 is 23.7 Å². The summed E-state index contributed by atoms with van der Waals surface area (Å²) in [7, 11) is 3.22. The van der Waals surface area contributed by atoms with Gasteiger partial charge < -0.3 is 20.1 Å². The summed E-state index contributed by atoms with van der Waals surface area (Å²) in [6.07, 6.45) is -0.336. The number of carbonyl (C=O) groups excluding carboxylic acids is 2. The Hall–Kier alpha value is -2.86. The molecule has 0 aliphatic carbocycles. The van der Waals surface area contributed by atoms with Crippen LogP contribution in [0.15, 0.2) is 48.5 Å². The highest BCUT2D eigenvalue weighted by molar-refractivity contribution is 5.81. The van der Waals surface area contributed by atoms with Crippen molar-refractivity contribution in [2.45, 2.75) is 45.4 Å². The summed E-state index contributed by atoms with van der Waals surface area (Å²) in [5, 5.41) is 5.75. The van der Waals surface area contributed by atoms with Crippen LogP contribution in [0.3, 0.4) is 0 Å². The summed E-state index contributed by atoms with van der Waals surface area (Å²) in [4.78, 5) is 24.2. The van der Waals surface area contributed by atoms with E-state index in [4.69, 9.17) is 9.47 Å². The highest BCUT2D eigenvalue weighted by Gasteiger charge is 2.25. The Balaban J connectivity index is 2.11. The third-order valence-corrected chi connectivity index (χ3v) is 4.21. The first-order chi connectivity index (χ1) is 13.7. The van der Waals surface area contributed by atoms with Gasteiger partial charge in [-0.2, -0.15) is 0 Å². The van der Waals surface area contributed by atoms with E-state index in [2.05, 4.69) is 28.8 Å². The minimum atomic E-state index is -0.820. The van der Waals surface area contributed by atoms with Crippen molar-refractivity contribution in [2.24, 2.45) is 0 Å². The van der Waals surface area contributed by atoms with Gasteiger partial charge in [-0.05, 0) is 56.1 Å². The summed E-state index contributed by atoms with van der Waals surface area (Å²) in [6.45, 7) is 6.11. The van der Waals surface area contributed by atoms with Crippen molar-refractivity contribution in [3.8, 4) is 11.1 Å². The molecule has 29 heavy (non-hydrogen) atoms. The number of hydrogen-bond acceptors (Lipinski definition) is 5. The van der Waals surface area contributed by atoms with E-state index in [-0.39, 0.29) is 0 Å². The fourth-order valence-electron chi connectivity index (χ4n) is 2.92. The summed E-state index contributed by atoms with van der Waals surface area (Å²) < 4.78 is 10.1. The van der Waals surface area contributed by atoms with Crippen LogP contribution < -0.4 is 10.6 Å². The van der Waals surface area contributed by atoms with E-state index in [0.29, 0.717) is 6.42 Å². The van der Waals surface area contributed by atoms with E-state index in [9.17, 15) is 9.59 Å². The molecule has 0 bridgehead atoms. The Kier molecular flexibility index (Phi) is 7.79. The van der Waals surface area contributed by atoms with Gasteiger partial charge in [-0.1, -0.05) is 42.5 Å². The number of methoxy groups -OCH3 is 1. The minimum Gasteiger partial charge on any atom is -0.467 e. The Labute approximate surface area is 172 Å². The van der Waals surface area contributed by atoms with Crippen molar-refractivity contribution in [1.29, 1.82) is 0 Å². The molecule has 0 aliphatic heterocycles. The number of hydrogen-bond donors (Lipinski definition) is 2. The molecular formula is C23H30N2O4. The molecule has 0 radical (unpaired) electrons. The number of amides is 1. The number of ether oxygens (including phenoxy) is 2. The van der Waals surface area contributed by atoms with Crippen LogP contribution in [0.2, 0.25) is 0 Å². The second kappa shape index (κ2) is 10.1. The SMILES string of the molecule is CNCc1cccc(-c2ccc(C[C@@H](NC(=O)OC(C)(C)C)C(=O)OC)cc2)c1. The topological polar surface area (TPSA) is 76.7 Å². The minimum absolute atomic E-state index is 0.311. The van der Waals surface area contributed by atoms with Gasteiger partial charge in [0.15, 0.2) is 0 Å². The first kappa shape index (κ1) is 22.4. The molecule has 2 aromatic carbocycles. The van der Waals surface area contributed by atoms with E-state index in [1.807, 2.05) is 37.4 Å². The second-order valence-corrected chi connectivity index (χ2v) is 7.85. The standard InChI is InChI=1S/C23H30N2O4/c1-23(2,3)29-22(27)25-20(21(26)28-5)14-16-9-11-18(12-10-16)19-8-6-7-17(13-19)15-24-4/h6-13,20,24H,14-15H2,1-5H3,(H,25,27)/t20-/m1/s1. The highest BCUT2D eigenvalue weighted by atomic mass is 16.6. The number of esters is 1. The average Bonchev–Trinajstić information content (AvgIpc) is 2.66. The molecule has 6 nitrogen and oxygen atoms in total. The molecule has 0 saturated heterocycles. The molecule has 156 valence electrons.